The summed E-state index contributed by atoms with van der Waals surface area (Å²) < 4.78 is 0. The summed E-state index contributed by atoms with van der Waals surface area (Å²) in [6.45, 7) is 4.75. The van der Waals surface area contributed by atoms with E-state index >= 15 is 0 Å². The molecule has 1 fully saturated rings. The summed E-state index contributed by atoms with van der Waals surface area (Å²) in [5.41, 5.74) is 2.01. The lowest BCUT2D eigenvalue weighted by Gasteiger charge is -2.43. The molecule has 0 aromatic rings. The molecule has 2 aliphatic carbocycles. The van der Waals surface area contributed by atoms with Crippen LogP contribution in [0.25, 0.3) is 0 Å². The molecule has 0 aromatic heterocycles. The molecule has 0 heterocycles. The van der Waals surface area contributed by atoms with Crippen LogP contribution in [0.1, 0.15) is 46.0 Å². The van der Waals surface area contributed by atoms with E-state index in [0.29, 0.717) is 5.41 Å². The first-order valence-corrected chi connectivity index (χ1v) is 5.46. The van der Waals surface area contributed by atoms with Crippen molar-refractivity contribution in [1.82, 2.24) is 0 Å². The molecule has 0 bridgehead atoms. The van der Waals surface area contributed by atoms with Crippen LogP contribution >= 0.6 is 0 Å². The quantitative estimate of drug-likeness (QED) is 0.568. The van der Waals surface area contributed by atoms with Crippen molar-refractivity contribution >= 4 is 0 Å². The third-order valence-electron chi connectivity index (χ3n) is 3.85. The van der Waals surface area contributed by atoms with Gasteiger partial charge in [-0.2, -0.15) is 0 Å². The zero-order chi connectivity index (χ0) is 9.47. The Morgan fingerprint density at radius 2 is 2.15 bits per heavy atom. The molecule has 2 atom stereocenters. The summed E-state index contributed by atoms with van der Waals surface area (Å²) in [5, 5.41) is 9.58. The van der Waals surface area contributed by atoms with E-state index in [1.165, 1.54) is 24.8 Å². The van der Waals surface area contributed by atoms with Gasteiger partial charge in [0.05, 0.1) is 6.10 Å². The van der Waals surface area contributed by atoms with Gasteiger partial charge in [-0.1, -0.05) is 25.5 Å². The standard InChI is InChI=1S/C12H20O/c1-12(2)7-3-4-9-8-10(13)5-6-11(9)12/h4,10-11,13H,3,5-8H2,1-2H3/t10-,11+/m1/s1. The summed E-state index contributed by atoms with van der Waals surface area (Å²) in [4.78, 5) is 0. The number of allylic oxidation sites excluding steroid dienone is 1. The summed E-state index contributed by atoms with van der Waals surface area (Å²) >= 11 is 0. The summed E-state index contributed by atoms with van der Waals surface area (Å²) in [5.74, 6) is 0.754. The number of rotatable bonds is 0. The molecular weight excluding hydrogens is 160 g/mol. The van der Waals surface area contributed by atoms with Gasteiger partial charge in [-0.3, -0.25) is 0 Å². The van der Waals surface area contributed by atoms with Gasteiger partial charge in [0.15, 0.2) is 0 Å². The van der Waals surface area contributed by atoms with Crippen LogP contribution < -0.4 is 0 Å². The number of aliphatic hydroxyl groups excluding tert-OH is 1. The van der Waals surface area contributed by atoms with E-state index in [9.17, 15) is 5.11 Å². The van der Waals surface area contributed by atoms with Gasteiger partial charge in [0, 0.05) is 0 Å². The van der Waals surface area contributed by atoms with Gasteiger partial charge in [-0.05, 0) is 43.4 Å². The third kappa shape index (κ3) is 1.67. The number of hydrogen-bond acceptors (Lipinski definition) is 1. The largest absolute Gasteiger partial charge is 0.393 e. The zero-order valence-electron chi connectivity index (χ0n) is 8.71. The van der Waals surface area contributed by atoms with Gasteiger partial charge in [-0.15, -0.1) is 0 Å². The first-order chi connectivity index (χ1) is 6.09. The lowest BCUT2D eigenvalue weighted by atomic mass is 9.63. The number of hydrogen-bond donors (Lipinski definition) is 1. The Morgan fingerprint density at radius 1 is 1.38 bits per heavy atom. The van der Waals surface area contributed by atoms with Gasteiger partial charge < -0.3 is 5.11 Å². The highest BCUT2D eigenvalue weighted by Crippen LogP contribution is 2.47. The van der Waals surface area contributed by atoms with E-state index in [0.717, 1.165) is 18.8 Å². The highest BCUT2D eigenvalue weighted by molar-refractivity contribution is 5.17. The normalized spacial score (nSPS) is 37.9. The van der Waals surface area contributed by atoms with Crippen LogP contribution in [0.2, 0.25) is 0 Å². The van der Waals surface area contributed by atoms with Crippen molar-refractivity contribution in [2.24, 2.45) is 11.3 Å². The topological polar surface area (TPSA) is 20.2 Å². The van der Waals surface area contributed by atoms with E-state index in [1.807, 2.05) is 0 Å². The van der Waals surface area contributed by atoms with Crippen LogP contribution in [0.4, 0.5) is 0 Å². The zero-order valence-corrected chi connectivity index (χ0v) is 8.71. The van der Waals surface area contributed by atoms with E-state index in [1.54, 1.807) is 0 Å². The molecule has 0 spiro atoms. The second kappa shape index (κ2) is 3.13. The Hall–Kier alpha value is -0.300. The number of fused-ring (bicyclic) bond motifs is 1. The minimum atomic E-state index is -0.0589. The van der Waals surface area contributed by atoms with Crippen LogP contribution in [0.3, 0.4) is 0 Å². The molecule has 74 valence electrons. The van der Waals surface area contributed by atoms with Gasteiger partial charge in [-0.25, -0.2) is 0 Å². The van der Waals surface area contributed by atoms with Gasteiger partial charge in [0.1, 0.15) is 0 Å². The van der Waals surface area contributed by atoms with E-state index < -0.39 is 0 Å². The lowest BCUT2D eigenvalue weighted by Crippen LogP contribution is -2.34. The smallest absolute Gasteiger partial charge is 0.0577 e. The second-order valence-electron chi connectivity index (χ2n) is 5.29. The van der Waals surface area contributed by atoms with Crippen molar-refractivity contribution in [1.29, 1.82) is 0 Å². The first kappa shape index (κ1) is 9.26. The first-order valence-electron chi connectivity index (χ1n) is 5.46. The average Bonchev–Trinajstić information content (AvgIpc) is 2.02. The maximum absolute atomic E-state index is 9.58. The van der Waals surface area contributed by atoms with Crippen LogP contribution in [0, 0.1) is 11.3 Å². The van der Waals surface area contributed by atoms with Crippen LogP contribution in [0.5, 0.6) is 0 Å². The fourth-order valence-electron chi connectivity index (χ4n) is 2.98. The summed E-state index contributed by atoms with van der Waals surface area (Å²) in [7, 11) is 0. The molecule has 1 N–H and O–H groups in total. The average molecular weight is 180 g/mol. The Kier molecular flexibility index (Phi) is 2.23. The summed E-state index contributed by atoms with van der Waals surface area (Å²) in [6.07, 6.45) is 7.98. The predicted octanol–water partition coefficient (Wildman–Crippen LogP) is 2.89. The molecule has 1 heteroatoms. The minimum Gasteiger partial charge on any atom is -0.393 e. The minimum absolute atomic E-state index is 0.0589. The Bertz CT molecular complexity index is 227. The highest BCUT2D eigenvalue weighted by Gasteiger charge is 2.37. The maximum Gasteiger partial charge on any atom is 0.0577 e. The van der Waals surface area contributed by atoms with E-state index in [4.69, 9.17) is 0 Å². The molecule has 0 amide bonds. The molecule has 1 nitrogen and oxygen atoms in total. The molecule has 0 aromatic carbocycles. The van der Waals surface area contributed by atoms with Crippen molar-refractivity contribution in [3.05, 3.63) is 11.6 Å². The van der Waals surface area contributed by atoms with Gasteiger partial charge in [0.2, 0.25) is 0 Å². The van der Waals surface area contributed by atoms with Gasteiger partial charge >= 0.3 is 0 Å². The highest BCUT2D eigenvalue weighted by atomic mass is 16.3. The van der Waals surface area contributed by atoms with Crippen molar-refractivity contribution in [3.63, 3.8) is 0 Å². The SMILES string of the molecule is CC1(C)CCC=C2C[C@H](O)CC[C@@H]21. The molecule has 2 rings (SSSR count). The molecule has 0 radical (unpaired) electrons. The summed E-state index contributed by atoms with van der Waals surface area (Å²) in [6, 6.07) is 0. The molecule has 2 aliphatic rings. The molecule has 0 aliphatic heterocycles. The monoisotopic (exact) mass is 180 g/mol. The predicted molar refractivity (Wildman–Crippen MR) is 54.4 cm³/mol. The van der Waals surface area contributed by atoms with Crippen molar-refractivity contribution in [2.45, 2.75) is 52.1 Å². The van der Waals surface area contributed by atoms with Crippen molar-refractivity contribution in [2.75, 3.05) is 0 Å². The molecule has 13 heavy (non-hydrogen) atoms. The second-order valence-corrected chi connectivity index (χ2v) is 5.29. The molecule has 1 saturated carbocycles. The Morgan fingerprint density at radius 3 is 2.92 bits per heavy atom. The number of aliphatic hydroxyl groups is 1. The molecule has 0 unspecified atom stereocenters. The molecular formula is C12H20O. The lowest BCUT2D eigenvalue weighted by molar-refractivity contribution is 0.0939. The van der Waals surface area contributed by atoms with Crippen LogP contribution in [0.15, 0.2) is 11.6 Å². The fraction of sp³-hybridized carbons (Fsp3) is 0.833. The van der Waals surface area contributed by atoms with Crippen molar-refractivity contribution < 1.29 is 5.11 Å². The van der Waals surface area contributed by atoms with Crippen LogP contribution in [-0.2, 0) is 0 Å². The van der Waals surface area contributed by atoms with Gasteiger partial charge in [0.25, 0.3) is 0 Å². The maximum atomic E-state index is 9.58. The van der Waals surface area contributed by atoms with E-state index in [-0.39, 0.29) is 6.10 Å². The van der Waals surface area contributed by atoms with E-state index in [2.05, 4.69) is 19.9 Å². The Labute approximate surface area is 80.8 Å². The third-order valence-corrected chi connectivity index (χ3v) is 3.85. The molecule has 0 saturated heterocycles. The Balaban J connectivity index is 2.19. The van der Waals surface area contributed by atoms with Crippen molar-refractivity contribution in [3.8, 4) is 0 Å². The fourth-order valence-corrected chi connectivity index (χ4v) is 2.98. The van der Waals surface area contributed by atoms with Crippen LogP contribution in [-0.4, -0.2) is 11.2 Å².